The predicted molar refractivity (Wildman–Crippen MR) is 413 cm³/mol. The molecule has 3 atom stereocenters. The summed E-state index contributed by atoms with van der Waals surface area (Å²) in [4.78, 5) is 116. The number of ether oxygens (including phenoxy) is 7. The summed E-state index contributed by atoms with van der Waals surface area (Å²) in [5, 5.41) is 8.32. The Balaban J connectivity index is 0.000000295. The molecule has 0 spiro atoms. The maximum Gasteiger partial charge on any atom is 0.415 e. The molecule has 1 aliphatic heterocycles. The van der Waals surface area contributed by atoms with Crippen LogP contribution in [-0.4, -0.2) is 204 Å². The fourth-order valence-electron chi connectivity index (χ4n) is 11.8. The molecular weight excluding hydrogens is 1500 g/mol. The molecule has 0 bridgehead atoms. The van der Waals surface area contributed by atoms with Crippen LogP contribution < -0.4 is 30.7 Å². The Labute approximate surface area is 637 Å². The van der Waals surface area contributed by atoms with Crippen molar-refractivity contribution in [3.63, 3.8) is 0 Å². The van der Waals surface area contributed by atoms with Crippen molar-refractivity contribution < 1.29 is 71.5 Å². The van der Waals surface area contributed by atoms with Crippen LogP contribution in [0.3, 0.4) is 0 Å². The fraction of sp³-hybridized carbons (Fsp3) is 0.487. The predicted octanol–water partition coefficient (Wildman–Crippen LogP) is 11.9. The summed E-state index contributed by atoms with van der Waals surface area (Å²) in [6, 6.07) is 27.5. The van der Waals surface area contributed by atoms with E-state index in [9.17, 15) is 38.4 Å². The second-order valence-corrected chi connectivity index (χ2v) is 28.1. The Morgan fingerprint density at radius 3 is 1.98 bits per heavy atom. The third kappa shape index (κ3) is 26.8. The minimum absolute atomic E-state index is 0.0148. The Morgan fingerprint density at radius 2 is 1.34 bits per heavy atom. The minimum Gasteiger partial charge on any atom is -0.492 e. The van der Waals surface area contributed by atoms with Crippen LogP contribution in [0.1, 0.15) is 122 Å². The number of anilines is 1. The summed E-state index contributed by atoms with van der Waals surface area (Å²) >= 11 is 13.4. The van der Waals surface area contributed by atoms with E-state index in [1.165, 1.54) is 9.80 Å². The zero-order valence-electron chi connectivity index (χ0n) is 61.5. The Kier molecular flexibility index (Phi) is 35.0. The second-order valence-electron chi connectivity index (χ2n) is 26.7. The number of primary amides is 1. The van der Waals surface area contributed by atoms with Gasteiger partial charge in [0.15, 0.2) is 5.78 Å². The maximum absolute atomic E-state index is 14.2. The van der Waals surface area contributed by atoms with E-state index in [0.717, 1.165) is 67.8 Å². The van der Waals surface area contributed by atoms with Gasteiger partial charge in [0.05, 0.1) is 74.4 Å². The summed E-state index contributed by atoms with van der Waals surface area (Å²) in [5.74, 6) is 0.741. The van der Waals surface area contributed by atoms with Gasteiger partial charge in [0, 0.05) is 143 Å². The topological polar surface area (TPSA) is 290 Å². The van der Waals surface area contributed by atoms with Gasteiger partial charge in [-0.1, -0.05) is 100 Å². The summed E-state index contributed by atoms with van der Waals surface area (Å²) in [6.45, 7) is 13.1. The van der Waals surface area contributed by atoms with Crippen molar-refractivity contribution in [1.82, 2.24) is 35.3 Å². The first-order valence-corrected chi connectivity index (χ1v) is 38.3. The molecule has 1 aromatic heterocycles. The van der Waals surface area contributed by atoms with E-state index in [0.29, 0.717) is 149 Å². The molecule has 4 N–H and O–H groups in total. The standard InChI is InChI=1S/C43H47ClN4O7.C35H53Br2N5O8/c1-28(49)20-29-10-12-30(13-11-29)27-54-42(51)46(4)16-17-47(5)43(52)55-39-24-38-40(37-9-7-6-8-36(37)39)34(25-44)26-48(38)41(50)33-21-31-14-15-35(23-32(31)22-33)53-19-18-45(2)3;1-24(2)28(34(45)40-25(3)6-4-11-39-35(38)46)21-27(43)10-13-48-15-17-50-19-18-49-16-14-47-12-5-7-33(44)26-8-9-29-30(20-26)42-32(23-37)31(22-36)41-29/h6-15,22-24,34H,16-21,25-27H2,1-5H3;8-9,20,24-25,28H,4-7,10-19,21-23H2,1-3H3,(H,40,45)(H3,38,39,46)/t34-;25-,28+/m11/s1. The molecule has 27 heteroatoms. The number of fused-ring (bicyclic) bond motifs is 5. The SMILES string of the molecule is CC(=O)Cc1ccc(COC(=O)N(C)CCN(C)C(=O)Oc2cc3c(c4ccccc24)[C@H](CCl)CN3C(=O)C2=Cc3cc(OCCN(C)C)ccc3C2)cc1.CC(C)[C@H](CC(=O)CCOCCOCCOCCOCCCC(=O)c1ccc2nc(CBr)c(CBr)nc2c1)C(=O)N[C@H](C)CCCNC(N)=O. The van der Waals surface area contributed by atoms with E-state index < -0.39 is 24.1 Å². The number of hydrogen-bond donors (Lipinski definition) is 3. The lowest BCUT2D eigenvalue weighted by molar-refractivity contribution is -0.131. The van der Waals surface area contributed by atoms with E-state index in [2.05, 4.69) is 57.4 Å². The van der Waals surface area contributed by atoms with E-state index in [-0.39, 0.29) is 86.2 Å². The summed E-state index contributed by atoms with van der Waals surface area (Å²) in [7, 11) is 7.20. The molecule has 0 radical (unpaired) electrons. The first-order valence-electron chi connectivity index (χ1n) is 35.5. The van der Waals surface area contributed by atoms with Gasteiger partial charge in [-0.05, 0) is 123 Å². The highest BCUT2D eigenvalue weighted by atomic mass is 79.9. The summed E-state index contributed by atoms with van der Waals surface area (Å²) in [5.41, 5.74) is 14.9. The lowest BCUT2D eigenvalue weighted by Gasteiger charge is -2.23. The Hall–Kier alpha value is -7.95. The third-order valence-electron chi connectivity index (χ3n) is 17.7. The number of urea groups is 1. The number of carbonyl (C=O) groups excluding carboxylic acids is 8. The number of halogens is 3. The molecule has 0 saturated carbocycles. The zero-order valence-corrected chi connectivity index (χ0v) is 65.4. The van der Waals surface area contributed by atoms with E-state index >= 15 is 0 Å². The molecule has 568 valence electrons. The number of nitrogens with two attached hydrogens (primary N) is 1. The van der Waals surface area contributed by atoms with Gasteiger partial charge in [0.1, 0.15) is 36.3 Å². The molecule has 6 aromatic rings. The number of aromatic nitrogens is 2. The molecule has 1 aliphatic carbocycles. The molecule has 6 amide bonds. The summed E-state index contributed by atoms with van der Waals surface area (Å²) < 4.78 is 39.5. The summed E-state index contributed by atoms with van der Waals surface area (Å²) in [6.07, 6.45) is 4.41. The number of amides is 6. The van der Waals surface area contributed by atoms with Crippen molar-refractivity contribution in [2.24, 2.45) is 17.6 Å². The zero-order chi connectivity index (χ0) is 76.0. The number of ketones is 3. The normalized spacial score (nSPS) is 13.5. The van der Waals surface area contributed by atoms with Gasteiger partial charge in [0.25, 0.3) is 5.91 Å². The van der Waals surface area contributed by atoms with Crippen molar-refractivity contribution in [2.45, 2.75) is 108 Å². The van der Waals surface area contributed by atoms with Crippen LogP contribution in [0.5, 0.6) is 11.5 Å². The van der Waals surface area contributed by atoms with Crippen LogP contribution in [0.2, 0.25) is 0 Å². The lowest BCUT2D eigenvalue weighted by Crippen LogP contribution is -2.40. The fourth-order valence-corrected chi connectivity index (χ4v) is 12.9. The monoisotopic (exact) mass is 1600 g/mol. The van der Waals surface area contributed by atoms with Crippen LogP contribution in [0.15, 0.2) is 96.6 Å². The molecule has 24 nitrogen and oxygen atoms in total. The largest absolute Gasteiger partial charge is 0.492 e. The molecule has 0 unspecified atom stereocenters. The molecule has 8 rings (SSSR count). The molecule has 2 aliphatic rings. The number of likely N-dealkylation sites (N-methyl/N-ethyl adjacent to an activating group) is 3. The number of nitrogens with one attached hydrogen (secondary N) is 2. The molecule has 5 aromatic carbocycles. The van der Waals surface area contributed by atoms with Gasteiger partial charge in [-0.25, -0.2) is 24.4 Å². The van der Waals surface area contributed by atoms with Crippen LogP contribution in [0, 0.1) is 11.8 Å². The smallest absolute Gasteiger partial charge is 0.415 e. The number of nitrogens with zero attached hydrogens (tertiary/aromatic N) is 6. The van der Waals surface area contributed by atoms with Crippen LogP contribution in [0.4, 0.5) is 20.1 Å². The van der Waals surface area contributed by atoms with Gasteiger partial charge in [-0.2, -0.15) is 0 Å². The van der Waals surface area contributed by atoms with Gasteiger partial charge in [-0.15, -0.1) is 11.6 Å². The second kappa shape index (κ2) is 43.6. The molecule has 2 heterocycles. The highest BCUT2D eigenvalue weighted by molar-refractivity contribution is 9.09. The van der Waals surface area contributed by atoms with E-state index in [1.54, 1.807) is 44.1 Å². The number of benzene rings is 5. The van der Waals surface area contributed by atoms with Gasteiger partial charge in [0.2, 0.25) is 5.91 Å². The van der Waals surface area contributed by atoms with Crippen molar-refractivity contribution in [3.8, 4) is 11.5 Å². The number of carbonyl (C=O) groups is 8. The Morgan fingerprint density at radius 1 is 0.705 bits per heavy atom. The molecular formula is C78H100Br2ClN9O15. The molecule has 0 fully saturated rings. The highest BCUT2D eigenvalue weighted by Crippen LogP contribution is 2.47. The van der Waals surface area contributed by atoms with Crippen molar-refractivity contribution >= 4 is 124 Å². The Bertz CT molecular complexity index is 3960. The number of rotatable bonds is 42. The average Bonchev–Trinajstić information content (AvgIpc) is 1.61. The van der Waals surface area contributed by atoms with Crippen LogP contribution >= 0.6 is 43.5 Å². The highest BCUT2D eigenvalue weighted by Gasteiger charge is 2.37. The quantitative estimate of drug-likeness (QED) is 0.0182. The van der Waals surface area contributed by atoms with Crippen molar-refractivity contribution in [3.05, 3.63) is 141 Å². The lowest BCUT2D eigenvalue weighted by atomic mass is 9.89. The van der Waals surface area contributed by atoms with Crippen LogP contribution in [-0.2, 0) is 73.0 Å². The minimum atomic E-state index is -0.611. The first kappa shape index (κ1) is 84.3. The van der Waals surface area contributed by atoms with E-state index in [1.807, 2.05) is 114 Å². The number of hydrogen-bond acceptors (Lipinski definition) is 18. The number of Topliss-reactive ketones (excluding diaryl/α,β-unsaturated/α-hetero) is 3. The molecule has 105 heavy (non-hydrogen) atoms. The van der Waals surface area contributed by atoms with Crippen molar-refractivity contribution in [1.29, 1.82) is 0 Å². The van der Waals surface area contributed by atoms with Crippen molar-refractivity contribution in [2.75, 3.05) is 131 Å². The van der Waals surface area contributed by atoms with Gasteiger partial charge >= 0.3 is 18.2 Å². The third-order valence-corrected chi connectivity index (χ3v) is 19.2. The first-order chi connectivity index (χ1) is 50.5. The average molecular weight is 1600 g/mol. The maximum atomic E-state index is 14.2. The van der Waals surface area contributed by atoms with Gasteiger partial charge in [-0.3, -0.25) is 24.0 Å². The van der Waals surface area contributed by atoms with E-state index in [4.69, 9.17) is 50.5 Å². The molecule has 0 saturated heterocycles. The number of alkyl halides is 3. The van der Waals surface area contributed by atoms with Gasteiger partial charge < -0.3 is 69.1 Å². The van der Waals surface area contributed by atoms with Crippen LogP contribution in [0.25, 0.3) is 27.9 Å².